The number of anilines is 1. The molecule has 0 saturated heterocycles. The highest BCUT2D eigenvalue weighted by atomic mass is 16.3. The summed E-state index contributed by atoms with van der Waals surface area (Å²) in [6.07, 6.45) is 4.34. The zero-order valence-electron chi connectivity index (χ0n) is 8.61. The van der Waals surface area contributed by atoms with Crippen LogP contribution in [0.2, 0.25) is 0 Å². The van der Waals surface area contributed by atoms with Gasteiger partial charge in [-0.3, -0.25) is 0 Å². The van der Waals surface area contributed by atoms with E-state index in [0.717, 1.165) is 5.56 Å². The van der Waals surface area contributed by atoms with Gasteiger partial charge in [0.2, 0.25) is 0 Å². The number of hydrogen-bond donors (Lipinski definition) is 2. The average molecular weight is 216 g/mol. The van der Waals surface area contributed by atoms with E-state index in [1.807, 2.05) is 6.07 Å². The summed E-state index contributed by atoms with van der Waals surface area (Å²) in [4.78, 5) is 11.7. The topological polar surface area (TPSA) is 84.9 Å². The van der Waals surface area contributed by atoms with Crippen molar-refractivity contribution in [2.24, 2.45) is 0 Å². The second-order valence-electron chi connectivity index (χ2n) is 3.40. The Hall–Kier alpha value is -2.01. The molecular formula is C11H12N4O. The summed E-state index contributed by atoms with van der Waals surface area (Å²) < 4.78 is 0. The zero-order chi connectivity index (χ0) is 11.4. The third-order valence-corrected chi connectivity index (χ3v) is 2.29. The van der Waals surface area contributed by atoms with Crippen LogP contribution in [0.25, 0.3) is 0 Å². The minimum atomic E-state index is -0.686. The molecule has 2 heterocycles. The van der Waals surface area contributed by atoms with Crippen LogP contribution in [0.1, 0.15) is 17.4 Å². The highest BCUT2D eigenvalue weighted by Gasteiger charge is 2.11. The molecule has 2 aromatic rings. The highest BCUT2D eigenvalue weighted by Crippen LogP contribution is 2.18. The second-order valence-corrected chi connectivity index (χ2v) is 3.40. The van der Waals surface area contributed by atoms with Crippen LogP contribution in [0, 0.1) is 0 Å². The summed E-state index contributed by atoms with van der Waals surface area (Å²) in [5, 5.41) is 9.92. The first-order valence-corrected chi connectivity index (χ1v) is 4.90. The van der Waals surface area contributed by atoms with Crippen LogP contribution in [-0.4, -0.2) is 20.1 Å². The van der Waals surface area contributed by atoms with Crippen molar-refractivity contribution in [3.8, 4) is 0 Å². The van der Waals surface area contributed by atoms with Crippen molar-refractivity contribution >= 4 is 5.82 Å². The molecule has 3 N–H and O–H groups in total. The molecule has 5 heteroatoms. The average Bonchev–Trinajstić information content (AvgIpc) is 2.33. The van der Waals surface area contributed by atoms with Gasteiger partial charge in [-0.2, -0.15) is 0 Å². The van der Waals surface area contributed by atoms with Gasteiger partial charge in [0.25, 0.3) is 0 Å². The molecule has 2 rings (SSSR count). The fraction of sp³-hybridized carbons (Fsp3) is 0.182. The molecular weight excluding hydrogens is 204 g/mol. The van der Waals surface area contributed by atoms with Gasteiger partial charge in [-0.15, -0.1) is 0 Å². The molecule has 2 aromatic heterocycles. The molecule has 1 unspecified atom stereocenters. The monoisotopic (exact) mass is 216 g/mol. The Balaban J connectivity index is 2.14. The highest BCUT2D eigenvalue weighted by molar-refractivity contribution is 5.39. The number of pyridine rings is 1. The van der Waals surface area contributed by atoms with Gasteiger partial charge in [0.05, 0.1) is 5.69 Å². The van der Waals surface area contributed by atoms with E-state index in [9.17, 15) is 5.11 Å². The molecule has 0 aliphatic heterocycles. The van der Waals surface area contributed by atoms with E-state index in [0.29, 0.717) is 17.9 Å². The van der Waals surface area contributed by atoms with E-state index in [2.05, 4.69) is 15.0 Å². The van der Waals surface area contributed by atoms with Gasteiger partial charge in [-0.05, 0) is 17.7 Å². The normalized spacial score (nSPS) is 12.3. The molecule has 16 heavy (non-hydrogen) atoms. The van der Waals surface area contributed by atoms with Crippen molar-refractivity contribution in [3.05, 3.63) is 48.2 Å². The largest absolute Gasteiger partial charge is 0.386 e. The molecule has 0 aliphatic carbocycles. The van der Waals surface area contributed by atoms with Crippen molar-refractivity contribution in [2.75, 3.05) is 5.73 Å². The van der Waals surface area contributed by atoms with Gasteiger partial charge < -0.3 is 10.8 Å². The van der Waals surface area contributed by atoms with Crippen molar-refractivity contribution in [1.29, 1.82) is 0 Å². The van der Waals surface area contributed by atoms with Crippen molar-refractivity contribution in [3.63, 3.8) is 0 Å². The van der Waals surface area contributed by atoms with Crippen molar-refractivity contribution < 1.29 is 5.11 Å². The number of aromatic nitrogens is 3. The molecule has 0 amide bonds. The summed E-state index contributed by atoms with van der Waals surface area (Å²) >= 11 is 0. The van der Waals surface area contributed by atoms with Gasteiger partial charge in [0.1, 0.15) is 18.2 Å². The number of nitrogen functional groups attached to an aromatic ring is 1. The Bertz CT molecular complexity index is 461. The summed E-state index contributed by atoms with van der Waals surface area (Å²) in [6, 6.07) is 5.31. The van der Waals surface area contributed by atoms with Crippen molar-refractivity contribution in [2.45, 2.75) is 12.5 Å². The first-order chi connectivity index (χ1) is 7.77. The van der Waals surface area contributed by atoms with Crippen LogP contribution in [0.4, 0.5) is 5.82 Å². The maximum absolute atomic E-state index is 9.92. The van der Waals surface area contributed by atoms with E-state index < -0.39 is 6.10 Å². The minimum Gasteiger partial charge on any atom is -0.386 e. The minimum absolute atomic E-state index is 0.399. The lowest BCUT2D eigenvalue weighted by molar-refractivity contribution is 0.173. The predicted octanol–water partition coefficient (Wildman–Crippen LogP) is 0.730. The SMILES string of the molecule is Nc1ncccc1CC(O)c1ccncn1. The number of aliphatic hydroxyl groups is 1. The van der Waals surface area contributed by atoms with Crippen LogP contribution in [-0.2, 0) is 6.42 Å². The van der Waals surface area contributed by atoms with Gasteiger partial charge in [-0.25, -0.2) is 15.0 Å². The van der Waals surface area contributed by atoms with Gasteiger partial charge in [0, 0.05) is 18.8 Å². The van der Waals surface area contributed by atoms with Gasteiger partial charge in [-0.1, -0.05) is 6.07 Å². The summed E-state index contributed by atoms with van der Waals surface area (Å²) in [7, 11) is 0. The Morgan fingerprint density at radius 2 is 2.12 bits per heavy atom. The molecule has 0 spiro atoms. The zero-order valence-corrected chi connectivity index (χ0v) is 8.61. The maximum atomic E-state index is 9.92. The molecule has 5 nitrogen and oxygen atoms in total. The molecule has 0 aliphatic rings. The molecule has 0 aromatic carbocycles. The molecule has 0 bridgehead atoms. The predicted molar refractivity (Wildman–Crippen MR) is 59.3 cm³/mol. The standard InChI is InChI=1S/C11H12N4O/c12-11-8(2-1-4-14-11)6-10(16)9-3-5-13-7-15-9/h1-5,7,10,16H,6H2,(H2,12,14). The van der Waals surface area contributed by atoms with Crippen LogP contribution in [0.3, 0.4) is 0 Å². The van der Waals surface area contributed by atoms with E-state index in [1.54, 1.807) is 24.5 Å². The summed E-state index contributed by atoms with van der Waals surface area (Å²) in [6.45, 7) is 0. The van der Waals surface area contributed by atoms with E-state index >= 15 is 0 Å². The third-order valence-electron chi connectivity index (χ3n) is 2.29. The lowest BCUT2D eigenvalue weighted by Gasteiger charge is -2.10. The lowest BCUT2D eigenvalue weighted by atomic mass is 10.1. The lowest BCUT2D eigenvalue weighted by Crippen LogP contribution is -2.06. The Kier molecular flexibility index (Phi) is 3.07. The van der Waals surface area contributed by atoms with Gasteiger partial charge >= 0.3 is 0 Å². The maximum Gasteiger partial charge on any atom is 0.126 e. The molecule has 0 radical (unpaired) electrons. The molecule has 82 valence electrons. The summed E-state index contributed by atoms with van der Waals surface area (Å²) in [5.41, 5.74) is 7.09. The van der Waals surface area contributed by atoms with Crippen LogP contribution in [0.5, 0.6) is 0 Å². The number of rotatable bonds is 3. The number of aliphatic hydroxyl groups excluding tert-OH is 1. The fourth-order valence-corrected chi connectivity index (χ4v) is 1.43. The van der Waals surface area contributed by atoms with Crippen LogP contribution >= 0.6 is 0 Å². The first-order valence-electron chi connectivity index (χ1n) is 4.90. The number of nitrogens with two attached hydrogens (primary N) is 1. The third kappa shape index (κ3) is 2.32. The number of hydrogen-bond acceptors (Lipinski definition) is 5. The Labute approximate surface area is 93.0 Å². The molecule has 0 fully saturated rings. The Morgan fingerprint density at radius 1 is 1.25 bits per heavy atom. The Morgan fingerprint density at radius 3 is 2.81 bits per heavy atom. The van der Waals surface area contributed by atoms with Crippen LogP contribution in [0.15, 0.2) is 36.9 Å². The van der Waals surface area contributed by atoms with E-state index in [1.165, 1.54) is 6.33 Å². The van der Waals surface area contributed by atoms with Crippen molar-refractivity contribution in [1.82, 2.24) is 15.0 Å². The summed E-state index contributed by atoms with van der Waals surface area (Å²) in [5.74, 6) is 0.440. The van der Waals surface area contributed by atoms with E-state index in [4.69, 9.17) is 5.73 Å². The number of nitrogens with zero attached hydrogens (tertiary/aromatic N) is 3. The molecule has 0 saturated carbocycles. The van der Waals surface area contributed by atoms with Crippen LogP contribution < -0.4 is 5.73 Å². The second kappa shape index (κ2) is 4.67. The fourth-order valence-electron chi connectivity index (χ4n) is 1.43. The van der Waals surface area contributed by atoms with Gasteiger partial charge in [0.15, 0.2) is 0 Å². The smallest absolute Gasteiger partial charge is 0.126 e. The first kappa shape index (κ1) is 10.5. The van der Waals surface area contributed by atoms with E-state index in [-0.39, 0.29) is 0 Å². The quantitative estimate of drug-likeness (QED) is 0.790. The molecule has 1 atom stereocenters.